The SMILES string of the molecule is CCC(C)(O)CC(C)(C)P(=O)(O)O. The van der Waals surface area contributed by atoms with Crippen LogP contribution in [0.3, 0.4) is 0 Å². The number of hydrogen-bond acceptors (Lipinski definition) is 2. The van der Waals surface area contributed by atoms with E-state index in [1.165, 1.54) is 13.8 Å². The Bertz CT molecular complexity index is 216. The number of hydrogen-bond donors (Lipinski definition) is 3. The van der Waals surface area contributed by atoms with Crippen molar-refractivity contribution in [1.82, 2.24) is 0 Å². The molecule has 4 nitrogen and oxygen atoms in total. The quantitative estimate of drug-likeness (QED) is 0.614. The Hall–Kier alpha value is 0.110. The lowest BCUT2D eigenvalue weighted by Gasteiger charge is -2.33. The van der Waals surface area contributed by atoms with Crippen LogP contribution in [0.25, 0.3) is 0 Å². The molecule has 0 heterocycles. The van der Waals surface area contributed by atoms with E-state index in [0.717, 1.165) is 0 Å². The van der Waals surface area contributed by atoms with Gasteiger partial charge in [0.25, 0.3) is 0 Å². The minimum atomic E-state index is -4.14. The Morgan fingerprint density at radius 1 is 1.23 bits per heavy atom. The zero-order chi connectivity index (χ0) is 10.9. The van der Waals surface area contributed by atoms with Crippen LogP contribution in [0.1, 0.15) is 40.5 Å². The summed E-state index contributed by atoms with van der Waals surface area (Å²) in [5, 5.41) is 8.52. The van der Waals surface area contributed by atoms with Crippen LogP contribution >= 0.6 is 7.60 Å². The van der Waals surface area contributed by atoms with Gasteiger partial charge in [-0.2, -0.15) is 0 Å². The molecule has 0 rings (SSSR count). The Morgan fingerprint density at radius 2 is 1.62 bits per heavy atom. The molecular formula is C8H19O4P. The lowest BCUT2D eigenvalue weighted by atomic mass is 9.91. The largest absolute Gasteiger partial charge is 0.390 e. The van der Waals surface area contributed by atoms with Crippen LogP contribution in [0.15, 0.2) is 0 Å². The first-order chi connectivity index (χ1) is 5.52. The van der Waals surface area contributed by atoms with Gasteiger partial charge >= 0.3 is 7.60 Å². The van der Waals surface area contributed by atoms with Crippen molar-refractivity contribution in [3.05, 3.63) is 0 Å². The molecule has 0 aliphatic heterocycles. The summed E-state index contributed by atoms with van der Waals surface area (Å²) in [6, 6.07) is 0. The Kier molecular flexibility index (Phi) is 3.73. The highest BCUT2D eigenvalue weighted by Crippen LogP contribution is 2.53. The first-order valence-corrected chi connectivity index (χ1v) is 5.91. The van der Waals surface area contributed by atoms with Crippen molar-refractivity contribution in [2.24, 2.45) is 0 Å². The van der Waals surface area contributed by atoms with Crippen LogP contribution in [-0.2, 0) is 4.57 Å². The maximum Gasteiger partial charge on any atom is 0.331 e. The molecular weight excluding hydrogens is 191 g/mol. The van der Waals surface area contributed by atoms with Gasteiger partial charge < -0.3 is 14.9 Å². The second-order valence-corrected chi connectivity index (χ2v) is 6.68. The lowest BCUT2D eigenvalue weighted by molar-refractivity contribution is 0.0352. The summed E-state index contributed by atoms with van der Waals surface area (Å²) >= 11 is 0. The van der Waals surface area contributed by atoms with Gasteiger partial charge in [0, 0.05) is 0 Å². The highest BCUT2D eigenvalue weighted by Gasteiger charge is 2.42. The van der Waals surface area contributed by atoms with Crippen molar-refractivity contribution < 1.29 is 19.5 Å². The van der Waals surface area contributed by atoms with Gasteiger partial charge in [-0.05, 0) is 33.6 Å². The molecule has 0 saturated carbocycles. The van der Waals surface area contributed by atoms with E-state index in [1.807, 2.05) is 0 Å². The standard InChI is InChI=1S/C8H19O4P/c1-5-8(4,9)6-7(2,3)13(10,11)12/h9H,5-6H2,1-4H3,(H2,10,11,12). The van der Waals surface area contributed by atoms with E-state index >= 15 is 0 Å². The number of rotatable bonds is 4. The molecule has 0 aromatic carbocycles. The highest BCUT2D eigenvalue weighted by molar-refractivity contribution is 7.53. The zero-order valence-electron chi connectivity index (χ0n) is 8.61. The summed E-state index contributed by atoms with van der Waals surface area (Å²) in [7, 11) is -4.14. The highest BCUT2D eigenvalue weighted by atomic mass is 31.2. The number of aliphatic hydroxyl groups is 1. The van der Waals surface area contributed by atoms with Crippen molar-refractivity contribution in [3.63, 3.8) is 0 Å². The molecule has 80 valence electrons. The maximum absolute atomic E-state index is 11.0. The Morgan fingerprint density at radius 3 is 1.85 bits per heavy atom. The molecule has 13 heavy (non-hydrogen) atoms. The smallest absolute Gasteiger partial charge is 0.331 e. The summed E-state index contributed by atoms with van der Waals surface area (Å²) in [6.45, 7) is 6.32. The third kappa shape index (κ3) is 3.77. The molecule has 3 N–H and O–H groups in total. The van der Waals surface area contributed by atoms with Gasteiger partial charge in [-0.15, -0.1) is 0 Å². The molecule has 0 fully saturated rings. The first-order valence-electron chi connectivity index (χ1n) is 4.30. The third-order valence-corrected chi connectivity index (χ3v) is 4.10. The van der Waals surface area contributed by atoms with Crippen LogP contribution in [0.2, 0.25) is 0 Å². The van der Waals surface area contributed by atoms with Gasteiger partial charge in [-0.25, -0.2) is 0 Å². The molecule has 0 aromatic heterocycles. The van der Waals surface area contributed by atoms with Gasteiger partial charge in [0.1, 0.15) is 0 Å². The summed E-state index contributed by atoms with van der Waals surface area (Å²) in [4.78, 5) is 18.0. The van der Waals surface area contributed by atoms with E-state index in [1.54, 1.807) is 13.8 Å². The second kappa shape index (κ2) is 3.70. The summed E-state index contributed by atoms with van der Waals surface area (Å²) in [5.74, 6) is 0. The zero-order valence-corrected chi connectivity index (χ0v) is 9.51. The predicted molar refractivity (Wildman–Crippen MR) is 51.7 cm³/mol. The van der Waals surface area contributed by atoms with Gasteiger partial charge in [-0.3, -0.25) is 4.57 Å². The molecule has 5 heteroatoms. The van der Waals surface area contributed by atoms with Crippen LogP contribution in [0, 0.1) is 0 Å². The molecule has 0 spiro atoms. The summed E-state index contributed by atoms with van der Waals surface area (Å²) in [6.07, 6.45) is 0.581. The third-order valence-electron chi connectivity index (χ3n) is 2.36. The molecule has 0 radical (unpaired) electrons. The molecule has 1 atom stereocenters. The average molecular weight is 210 g/mol. The lowest BCUT2D eigenvalue weighted by Crippen LogP contribution is -2.34. The Labute approximate surface area is 79.1 Å². The predicted octanol–water partition coefficient (Wildman–Crippen LogP) is 1.49. The average Bonchev–Trinajstić information content (AvgIpc) is 1.83. The fourth-order valence-electron chi connectivity index (χ4n) is 1.16. The van der Waals surface area contributed by atoms with Crippen molar-refractivity contribution in [2.75, 3.05) is 0 Å². The molecule has 0 aliphatic carbocycles. The van der Waals surface area contributed by atoms with E-state index < -0.39 is 18.4 Å². The van der Waals surface area contributed by atoms with Crippen molar-refractivity contribution >= 4 is 7.60 Å². The summed E-state index contributed by atoms with van der Waals surface area (Å²) in [5.41, 5.74) is -1.01. The van der Waals surface area contributed by atoms with E-state index in [-0.39, 0.29) is 6.42 Å². The molecule has 0 aliphatic rings. The second-order valence-electron chi connectivity index (χ2n) is 4.38. The van der Waals surface area contributed by atoms with Gasteiger partial charge in [0.15, 0.2) is 0 Å². The monoisotopic (exact) mass is 210 g/mol. The van der Waals surface area contributed by atoms with Gasteiger partial charge in [0.05, 0.1) is 10.8 Å². The Balaban J connectivity index is 4.62. The summed E-state index contributed by atoms with van der Waals surface area (Å²) < 4.78 is 11.0. The fourth-order valence-corrected chi connectivity index (χ4v) is 1.71. The van der Waals surface area contributed by atoms with Gasteiger partial charge in [-0.1, -0.05) is 6.92 Å². The normalized spacial score (nSPS) is 18.4. The maximum atomic E-state index is 11.0. The fraction of sp³-hybridized carbons (Fsp3) is 1.00. The van der Waals surface area contributed by atoms with Crippen molar-refractivity contribution in [2.45, 2.75) is 51.3 Å². The topological polar surface area (TPSA) is 77.8 Å². The first kappa shape index (κ1) is 13.1. The van der Waals surface area contributed by atoms with Gasteiger partial charge in [0.2, 0.25) is 0 Å². The van der Waals surface area contributed by atoms with E-state index in [4.69, 9.17) is 9.79 Å². The van der Waals surface area contributed by atoms with Crippen LogP contribution in [0.4, 0.5) is 0 Å². The van der Waals surface area contributed by atoms with Crippen LogP contribution in [-0.4, -0.2) is 25.7 Å². The minimum absolute atomic E-state index is 0.0980. The molecule has 0 amide bonds. The van der Waals surface area contributed by atoms with E-state index in [2.05, 4.69) is 0 Å². The van der Waals surface area contributed by atoms with Crippen molar-refractivity contribution in [3.8, 4) is 0 Å². The van der Waals surface area contributed by atoms with Crippen molar-refractivity contribution in [1.29, 1.82) is 0 Å². The van der Waals surface area contributed by atoms with Crippen LogP contribution in [0.5, 0.6) is 0 Å². The molecule has 0 saturated heterocycles. The molecule has 0 bridgehead atoms. The molecule has 1 unspecified atom stereocenters. The van der Waals surface area contributed by atoms with E-state index in [9.17, 15) is 9.67 Å². The molecule has 0 aromatic rings. The van der Waals surface area contributed by atoms with Crippen LogP contribution < -0.4 is 0 Å². The van der Waals surface area contributed by atoms with E-state index in [0.29, 0.717) is 6.42 Å². The minimum Gasteiger partial charge on any atom is -0.390 e.